The molecule has 5 nitrogen and oxygen atoms in total. The molecule has 0 bridgehead atoms. The van der Waals surface area contributed by atoms with Crippen LogP contribution in [0.3, 0.4) is 0 Å². The van der Waals surface area contributed by atoms with Gasteiger partial charge in [0.1, 0.15) is 5.01 Å². The van der Waals surface area contributed by atoms with Gasteiger partial charge in [-0.05, 0) is 36.1 Å². The van der Waals surface area contributed by atoms with E-state index < -0.39 is 0 Å². The summed E-state index contributed by atoms with van der Waals surface area (Å²) in [4.78, 5) is 28.6. The lowest BCUT2D eigenvalue weighted by Gasteiger charge is -2.09. The summed E-state index contributed by atoms with van der Waals surface area (Å²) in [6, 6.07) is 7.25. The summed E-state index contributed by atoms with van der Waals surface area (Å²) in [5, 5.41) is 12.3. The van der Waals surface area contributed by atoms with E-state index in [-0.39, 0.29) is 18.2 Å². The SMILES string of the molecule is CNC(=O)c1ccc(C)c(NC(=O)Cc2csc(-c3ccsc3)n2)c1. The number of thiazole rings is 1. The molecule has 0 saturated heterocycles. The van der Waals surface area contributed by atoms with Crippen LogP contribution in [-0.2, 0) is 11.2 Å². The van der Waals surface area contributed by atoms with Crippen molar-refractivity contribution in [2.75, 3.05) is 12.4 Å². The van der Waals surface area contributed by atoms with Gasteiger partial charge in [0.05, 0.1) is 12.1 Å². The summed E-state index contributed by atoms with van der Waals surface area (Å²) < 4.78 is 0. The molecule has 0 fully saturated rings. The molecule has 2 N–H and O–H groups in total. The van der Waals surface area contributed by atoms with Crippen LogP contribution in [0, 0.1) is 6.92 Å². The second-order valence-electron chi connectivity index (χ2n) is 5.49. The van der Waals surface area contributed by atoms with Gasteiger partial charge in [-0.1, -0.05) is 6.07 Å². The Balaban J connectivity index is 1.70. The van der Waals surface area contributed by atoms with E-state index in [9.17, 15) is 9.59 Å². The molecule has 2 heterocycles. The molecule has 0 aliphatic heterocycles. The highest BCUT2D eigenvalue weighted by molar-refractivity contribution is 7.14. The van der Waals surface area contributed by atoms with Crippen molar-refractivity contribution in [1.29, 1.82) is 0 Å². The minimum absolute atomic E-state index is 0.153. The van der Waals surface area contributed by atoms with Crippen LogP contribution in [0.1, 0.15) is 21.6 Å². The molecule has 0 saturated carbocycles. The van der Waals surface area contributed by atoms with Crippen LogP contribution in [0.15, 0.2) is 40.4 Å². The molecular formula is C18H17N3O2S2. The number of aromatic nitrogens is 1. The van der Waals surface area contributed by atoms with Crippen LogP contribution >= 0.6 is 22.7 Å². The van der Waals surface area contributed by atoms with Gasteiger partial charge in [0, 0.05) is 34.6 Å². The van der Waals surface area contributed by atoms with Crippen molar-refractivity contribution in [3.05, 3.63) is 57.2 Å². The van der Waals surface area contributed by atoms with Crippen LogP contribution in [-0.4, -0.2) is 23.8 Å². The molecule has 2 aromatic heterocycles. The Bertz CT molecular complexity index is 901. The first-order valence-corrected chi connectivity index (χ1v) is 9.48. The highest BCUT2D eigenvalue weighted by atomic mass is 32.1. The average molecular weight is 371 g/mol. The summed E-state index contributed by atoms with van der Waals surface area (Å²) in [6.45, 7) is 1.89. The smallest absolute Gasteiger partial charge is 0.251 e. The molecule has 128 valence electrons. The molecule has 0 unspecified atom stereocenters. The molecular weight excluding hydrogens is 354 g/mol. The Labute approximate surface area is 153 Å². The number of carbonyl (C=O) groups is 2. The highest BCUT2D eigenvalue weighted by Crippen LogP contribution is 2.26. The molecule has 3 aromatic rings. The third kappa shape index (κ3) is 4.12. The maximum absolute atomic E-state index is 12.3. The summed E-state index contributed by atoms with van der Waals surface area (Å²) in [6.07, 6.45) is 0.199. The van der Waals surface area contributed by atoms with Gasteiger partial charge >= 0.3 is 0 Å². The van der Waals surface area contributed by atoms with E-state index in [2.05, 4.69) is 15.6 Å². The number of anilines is 1. The van der Waals surface area contributed by atoms with E-state index in [0.717, 1.165) is 21.8 Å². The van der Waals surface area contributed by atoms with E-state index in [4.69, 9.17) is 0 Å². The second kappa shape index (κ2) is 7.58. The zero-order chi connectivity index (χ0) is 17.8. The average Bonchev–Trinajstić information content (AvgIpc) is 3.27. The molecule has 25 heavy (non-hydrogen) atoms. The zero-order valence-electron chi connectivity index (χ0n) is 13.8. The molecule has 3 rings (SSSR count). The number of nitrogens with one attached hydrogen (secondary N) is 2. The standard InChI is InChI=1S/C18H17N3O2S2/c1-11-3-4-12(17(23)19-2)7-15(11)21-16(22)8-14-10-25-18(20-14)13-5-6-24-9-13/h3-7,9-10H,8H2,1-2H3,(H,19,23)(H,21,22). The van der Waals surface area contributed by atoms with Crippen molar-refractivity contribution in [3.63, 3.8) is 0 Å². The van der Waals surface area contributed by atoms with Gasteiger partial charge in [0.25, 0.3) is 5.91 Å². The van der Waals surface area contributed by atoms with Gasteiger partial charge in [0.2, 0.25) is 5.91 Å². The van der Waals surface area contributed by atoms with Crippen LogP contribution in [0.25, 0.3) is 10.6 Å². The van der Waals surface area contributed by atoms with Crippen LogP contribution < -0.4 is 10.6 Å². The number of nitrogens with zero attached hydrogens (tertiary/aromatic N) is 1. The molecule has 2 amide bonds. The first-order chi connectivity index (χ1) is 12.1. The maximum atomic E-state index is 12.3. The van der Waals surface area contributed by atoms with Crippen LogP contribution in [0.5, 0.6) is 0 Å². The number of aryl methyl sites for hydroxylation is 1. The Hall–Kier alpha value is -2.51. The van der Waals surface area contributed by atoms with Crippen molar-refractivity contribution in [3.8, 4) is 10.6 Å². The number of hydrogen-bond donors (Lipinski definition) is 2. The lowest BCUT2D eigenvalue weighted by atomic mass is 10.1. The Morgan fingerprint density at radius 3 is 2.76 bits per heavy atom. The van der Waals surface area contributed by atoms with Crippen molar-refractivity contribution >= 4 is 40.2 Å². The topological polar surface area (TPSA) is 71.1 Å². The Morgan fingerprint density at radius 2 is 2.04 bits per heavy atom. The van der Waals surface area contributed by atoms with Gasteiger partial charge in [0.15, 0.2) is 0 Å². The Morgan fingerprint density at radius 1 is 1.20 bits per heavy atom. The first kappa shape index (κ1) is 17.3. The van der Waals surface area contributed by atoms with Gasteiger partial charge in [-0.3, -0.25) is 9.59 Å². The molecule has 1 aromatic carbocycles. The van der Waals surface area contributed by atoms with E-state index in [1.807, 2.05) is 35.2 Å². The minimum Gasteiger partial charge on any atom is -0.355 e. The van der Waals surface area contributed by atoms with Crippen molar-refractivity contribution in [1.82, 2.24) is 10.3 Å². The number of hydrogen-bond acceptors (Lipinski definition) is 5. The lowest BCUT2D eigenvalue weighted by Crippen LogP contribution is -2.19. The monoisotopic (exact) mass is 371 g/mol. The number of rotatable bonds is 5. The zero-order valence-corrected chi connectivity index (χ0v) is 15.5. The fourth-order valence-corrected chi connectivity index (χ4v) is 3.84. The molecule has 7 heteroatoms. The largest absolute Gasteiger partial charge is 0.355 e. The molecule has 0 aliphatic rings. The van der Waals surface area contributed by atoms with Gasteiger partial charge in [-0.2, -0.15) is 11.3 Å². The minimum atomic E-state index is -0.185. The maximum Gasteiger partial charge on any atom is 0.251 e. The van der Waals surface area contributed by atoms with Gasteiger partial charge < -0.3 is 10.6 Å². The second-order valence-corrected chi connectivity index (χ2v) is 7.13. The number of benzene rings is 1. The number of carbonyl (C=O) groups excluding carboxylic acids is 2. The summed E-state index contributed by atoms with van der Waals surface area (Å²) in [5.74, 6) is -0.338. The number of thiophene rings is 1. The predicted octanol–water partition coefficient (Wildman–Crippen LogP) is 3.72. The first-order valence-electron chi connectivity index (χ1n) is 7.66. The third-order valence-corrected chi connectivity index (χ3v) is 5.29. The molecule has 0 radical (unpaired) electrons. The summed E-state index contributed by atoms with van der Waals surface area (Å²) in [5.41, 5.74) is 3.87. The fraction of sp³-hybridized carbons (Fsp3) is 0.167. The van der Waals surface area contributed by atoms with Gasteiger partial charge in [-0.25, -0.2) is 4.98 Å². The van der Waals surface area contributed by atoms with E-state index in [1.54, 1.807) is 30.5 Å². The van der Waals surface area contributed by atoms with E-state index >= 15 is 0 Å². The third-order valence-electron chi connectivity index (χ3n) is 3.66. The van der Waals surface area contributed by atoms with E-state index in [1.165, 1.54) is 11.3 Å². The van der Waals surface area contributed by atoms with Crippen molar-refractivity contribution in [2.24, 2.45) is 0 Å². The summed E-state index contributed by atoms with van der Waals surface area (Å²) >= 11 is 3.15. The Kier molecular flexibility index (Phi) is 5.25. The molecule has 0 atom stereocenters. The molecule has 0 aliphatic carbocycles. The molecule has 0 spiro atoms. The van der Waals surface area contributed by atoms with Crippen molar-refractivity contribution in [2.45, 2.75) is 13.3 Å². The van der Waals surface area contributed by atoms with Crippen LogP contribution in [0.2, 0.25) is 0 Å². The fourth-order valence-electron chi connectivity index (χ4n) is 2.31. The van der Waals surface area contributed by atoms with E-state index in [0.29, 0.717) is 11.3 Å². The van der Waals surface area contributed by atoms with Crippen molar-refractivity contribution < 1.29 is 9.59 Å². The number of amides is 2. The summed E-state index contributed by atoms with van der Waals surface area (Å²) in [7, 11) is 1.58. The normalized spacial score (nSPS) is 10.5. The van der Waals surface area contributed by atoms with Crippen LogP contribution in [0.4, 0.5) is 5.69 Å². The lowest BCUT2D eigenvalue weighted by molar-refractivity contribution is -0.115. The predicted molar refractivity (Wildman–Crippen MR) is 102 cm³/mol. The quantitative estimate of drug-likeness (QED) is 0.718. The highest BCUT2D eigenvalue weighted by Gasteiger charge is 2.12. The van der Waals surface area contributed by atoms with Gasteiger partial charge in [-0.15, -0.1) is 11.3 Å².